The van der Waals surface area contributed by atoms with Gasteiger partial charge in [-0.2, -0.15) is 0 Å². The maximum absolute atomic E-state index is 6.44. The highest BCUT2D eigenvalue weighted by molar-refractivity contribution is 6.62. The van der Waals surface area contributed by atoms with Crippen LogP contribution in [-0.2, 0) is 104 Å². The van der Waals surface area contributed by atoms with Gasteiger partial charge >= 0.3 is 44.0 Å². The van der Waals surface area contributed by atoms with Gasteiger partial charge in [0.1, 0.15) is 18.3 Å². The van der Waals surface area contributed by atoms with Crippen molar-refractivity contribution in [2.45, 2.75) is 100 Å². The standard InChI is InChI=1S/C43H98O23Si5/c1-17-40(33-61-36-41(63-25-20-30-69(50-8,51-9)52-10)34-59-23-18-28-67(44-2,45-3)46-4)66-39-43(65-27-22-32-71(56-14,57-15)58-16)38-62-37-42(64-26-21-31-70(53-11,54-12)55-13)35-60-24-19-29-68(47-5,48-6)49-7/h40-43H,17-39H2,1-16H3. The first-order valence-corrected chi connectivity index (χ1v) is 34.0. The van der Waals surface area contributed by atoms with E-state index >= 15 is 0 Å². The summed E-state index contributed by atoms with van der Waals surface area (Å²) >= 11 is 0. The van der Waals surface area contributed by atoms with E-state index in [1.54, 1.807) is 107 Å². The molecule has 428 valence electrons. The molecule has 0 aliphatic heterocycles. The molecule has 0 radical (unpaired) electrons. The minimum atomic E-state index is -2.80. The Morgan fingerprint density at radius 1 is 0.239 bits per heavy atom. The Bertz CT molecular complexity index is 1150. The second-order valence-corrected chi connectivity index (χ2v) is 31.5. The summed E-state index contributed by atoms with van der Waals surface area (Å²) in [6.45, 7) is 6.12. The molecule has 0 heterocycles. The van der Waals surface area contributed by atoms with Crippen molar-refractivity contribution in [3.8, 4) is 0 Å². The van der Waals surface area contributed by atoms with Crippen molar-refractivity contribution in [1.29, 1.82) is 0 Å². The highest BCUT2D eigenvalue weighted by Crippen LogP contribution is 2.20. The summed E-state index contributed by atoms with van der Waals surface area (Å²) in [5.41, 5.74) is 0. The minimum Gasteiger partial charge on any atom is -0.379 e. The van der Waals surface area contributed by atoms with Gasteiger partial charge in [0.25, 0.3) is 0 Å². The Kier molecular flexibility index (Phi) is 43.3. The van der Waals surface area contributed by atoms with Crippen molar-refractivity contribution in [2.75, 3.05) is 186 Å². The summed E-state index contributed by atoms with van der Waals surface area (Å²) in [6, 6.07) is 2.97. The highest BCUT2D eigenvalue weighted by atomic mass is 28.4. The molecule has 0 aliphatic rings. The van der Waals surface area contributed by atoms with E-state index in [1.165, 1.54) is 0 Å². The van der Waals surface area contributed by atoms with Crippen molar-refractivity contribution in [2.24, 2.45) is 0 Å². The van der Waals surface area contributed by atoms with Crippen LogP contribution in [0.1, 0.15) is 45.4 Å². The van der Waals surface area contributed by atoms with Crippen LogP contribution in [0.5, 0.6) is 0 Å². The van der Waals surface area contributed by atoms with E-state index in [9.17, 15) is 0 Å². The van der Waals surface area contributed by atoms with Gasteiger partial charge in [0.2, 0.25) is 0 Å². The fourth-order valence-electron chi connectivity index (χ4n) is 7.23. The molecule has 0 saturated heterocycles. The zero-order chi connectivity index (χ0) is 53.3. The summed E-state index contributed by atoms with van der Waals surface area (Å²) in [4.78, 5) is 0. The molecule has 0 amide bonds. The van der Waals surface area contributed by atoms with Gasteiger partial charge in [0.05, 0.1) is 52.4 Å². The molecule has 0 saturated carbocycles. The molecular formula is C43H98O23Si5. The average molecular weight is 1120 g/mol. The maximum Gasteiger partial charge on any atom is 0.500 e. The number of ether oxygens (including phenoxy) is 8. The van der Waals surface area contributed by atoms with E-state index in [0.717, 1.165) is 0 Å². The van der Waals surface area contributed by atoms with E-state index in [4.69, 9.17) is 104 Å². The predicted molar refractivity (Wildman–Crippen MR) is 274 cm³/mol. The first-order chi connectivity index (χ1) is 34.3. The molecule has 23 nitrogen and oxygen atoms in total. The van der Waals surface area contributed by atoms with Gasteiger partial charge in [0.15, 0.2) is 0 Å². The first kappa shape index (κ1) is 71.2. The lowest BCUT2D eigenvalue weighted by atomic mass is 10.3. The Labute approximate surface area is 432 Å². The van der Waals surface area contributed by atoms with Crippen LogP contribution in [0.2, 0.25) is 30.2 Å². The van der Waals surface area contributed by atoms with Gasteiger partial charge < -0.3 is 104 Å². The van der Waals surface area contributed by atoms with E-state index in [1.807, 2.05) is 6.92 Å². The van der Waals surface area contributed by atoms with Crippen LogP contribution < -0.4 is 0 Å². The van der Waals surface area contributed by atoms with Crippen LogP contribution in [-0.4, -0.2) is 254 Å². The second-order valence-electron chi connectivity index (χ2n) is 16.1. The van der Waals surface area contributed by atoms with E-state index < -0.39 is 50.1 Å². The molecule has 0 rings (SSSR count). The monoisotopic (exact) mass is 1120 g/mol. The first-order valence-electron chi connectivity index (χ1n) is 24.3. The SMILES string of the molecule is CCC(COCC(COCCC[Si](OC)(OC)OC)OCCC[Si](OC)(OC)OC)OCC(COCC(COCCC[Si](OC)(OC)OC)OCCC[Si](OC)(OC)OC)OCCC[Si](OC)(OC)OC. The lowest BCUT2D eigenvalue weighted by molar-refractivity contribution is -0.116. The molecule has 0 spiro atoms. The molecule has 71 heavy (non-hydrogen) atoms. The van der Waals surface area contributed by atoms with Crippen molar-refractivity contribution in [3.05, 3.63) is 0 Å². The summed E-state index contributed by atoms with van der Waals surface area (Å²) in [5.74, 6) is 0. The maximum atomic E-state index is 6.44. The Morgan fingerprint density at radius 3 is 0.690 bits per heavy atom. The predicted octanol–water partition coefficient (Wildman–Crippen LogP) is 4.34. The van der Waals surface area contributed by atoms with Crippen molar-refractivity contribution in [1.82, 2.24) is 0 Å². The lowest BCUT2D eigenvalue weighted by Gasteiger charge is -2.26. The van der Waals surface area contributed by atoms with Crippen LogP contribution in [0.25, 0.3) is 0 Å². The summed E-state index contributed by atoms with van der Waals surface area (Å²) in [7, 11) is 10.2. The number of hydrogen-bond donors (Lipinski definition) is 0. The van der Waals surface area contributed by atoms with E-state index in [2.05, 4.69) is 0 Å². The van der Waals surface area contributed by atoms with E-state index in [-0.39, 0.29) is 44.7 Å². The molecule has 0 aromatic rings. The smallest absolute Gasteiger partial charge is 0.379 e. The van der Waals surface area contributed by atoms with Crippen LogP contribution >= 0.6 is 0 Å². The van der Waals surface area contributed by atoms with Gasteiger partial charge in [-0.1, -0.05) is 6.92 Å². The van der Waals surface area contributed by atoms with Crippen LogP contribution in [0.15, 0.2) is 0 Å². The molecule has 0 aromatic heterocycles. The fraction of sp³-hybridized carbons (Fsp3) is 1.00. The summed E-state index contributed by atoms with van der Waals surface area (Å²) in [5, 5.41) is 0. The van der Waals surface area contributed by atoms with Crippen LogP contribution in [0.4, 0.5) is 0 Å². The normalized spacial score (nSPS) is 14.9. The van der Waals surface area contributed by atoms with Crippen molar-refractivity contribution >= 4 is 44.0 Å². The average Bonchev–Trinajstić information content (AvgIpc) is 3.41. The third-order valence-electron chi connectivity index (χ3n) is 11.9. The lowest BCUT2D eigenvalue weighted by Crippen LogP contribution is -2.43. The van der Waals surface area contributed by atoms with Gasteiger partial charge in [-0.15, -0.1) is 0 Å². The van der Waals surface area contributed by atoms with Crippen LogP contribution in [0, 0.1) is 0 Å². The fourth-order valence-corrected chi connectivity index (χ4v) is 15.7. The van der Waals surface area contributed by atoms with Gasteiger partial charge in [-0.25, -0.2) is 0 Å². The van der Waals surface area contributed by atoms with Crippen molar-refractivity contribution < 1.29 is 104 Å². The molecule has 0 aliphatic carbocycles. The van der Waals surface area contributed by atoms with Gasteiger partial charge in [0, 0.05) is 170 Å². The van der Waals surface area contributed by atoms with E-state index in [0.29, 0.717) is 122 Å². The molecule has 4 atom stereocenters. The molecule has 28 heteroatoms. The minimum absolute atomic E-state index is 0.227. The summed E-state index contributed by atoms with van der Waals surface area (Å²) in [6.07, 6.45) is 2.60. The largest absolute Gasteiger partial charge is 0.500 e. The third kappa shape index (κ3) is 28.9. The Morgan fingerprint density at radius 2 is 0.451 bits per heavy atom. The Balaban J connectivity index is 5.86. The molecular weight excluding hydrogens is 1020 g/mol. The van der Waals surface area contributed by atoms with Gasteiger partial charge in [-0.05, 0) is 38.5 Å². The molecule has 0 N–H and O–H groups in total. The summed E-state index contributed by atoms with van der Waals surface area (Å²) < 4.78 is 134. The van der Waals surface area contributed by atoms with Gasteiger partial charge in [-0.3, -0.25) is 0 Å². The molecule has 4 unspecified atom stereocenters. The third-order valence-corrected chi connectivity index (χ3v) is 26.1. The van der Waals surface area contributed by atoms with Crippen molar-refractivity contribution in [3.63, 3.8) is 0 Å². The molecule has 0 aromatic carbocycles. The zero-order valence-electron chi connectivity index (χ0n) is 46.5. The number of hydrogen-bond acceptors (Lipinski definition) is 23. The Hall–Kier alpha value is 0.164. The molecule has 0 bridgehead atoms. The zero-order valence-corrected chi connectivity index (χ0v) is 51.5. The quantitative estimate of drug-likeness (QED) is 0.0612. The highest BCUT2D eigenvalue weighted by Gasteiger charge is 2.40. The molecule has 0 fully saturated rings. The second kappa shape index (κ2) is 43.2. The van der Waals surface area contributed by atoms with Crippen LogP contribution in [0.3, 0.4) is 0 Å². The number of rotatable bonds is 54. The topological polar surface area (TPSA) is 212 Å².